The van der Waals surface area contributed by atoms with Crippen molar-refractivity contribution in [1.82, 2.24) is 0 Å². The number of hydrogen-bond donors (Lipinski definition) is 7. The summed E-state index contributed by atoms with van der Waals surface area (Å²) in [4.78, 5) is 77.7. The van der Waals surface area contributed by atoms with E-state index in [0.29, 0.717) is 45.1 Å². The second kappa shape index (κ2) is 45.0. The number of carbonyl (C=O) groups is 3. The van der Waals surface area contributed by atoms with E-state index in [2.05, 4.69) is 20.9 Å². The molecule has 0 amide bonds. The van der Waals surface area contributed by atoms with E-state index >= 15 is 0 Å². The van der Waals surface area contributed by atoms with Gasteiger partial charge < -0.3 is 58.9 Å². The Bertz CT molecular complexity index is 2820. The first-order valence-corrected chi connectivity index (χ1v) is 26.1. The van der Waals surface area contributed by atoms with E-state index in [1.165, 1.54) is 0 Å². The van der Waals surface area contributed by atoms with Crippen molar-refractivity contribution in [3.05, 3.63) is 156 Å². The van der Waals surface area contributed by atoms with Gasteiger partial charge >= 0.3 is 17.9 Å². The standard InChI is InChI=1S/C18H21NO6.C18H22O4.C14H14O3.C4H9NO4.C4H10O2.2HNO/c1-13(18(20)24-9-3-4-10-25-19(21)22)14-5-6-16-12-17(23-2)8-7-15(16)11-14;1-13(18(20)22-10-4-3-9-19)14-5-6-16-12-17(21-2)8-7-15(16)11-14;1-9(14(15)16)10-3-4-12-8-13(17-2)6-5-11(12)7-10;6-3-1-2-4-9-5(7)8;5-3-1-2-4-6;2*1-2/h5-8,11-13H,3-4,9-10H2,1-2H3;5-8,11-13,19H,3-4,9-10H2,1-2H3;3-9H,1-2H3,(H,15,16);6H,1-4H2;5-6H,1-4H2;2*1H/t2*13-;9-;;;;/m000..../s1. The molecule has 7 N–H and O–H groups in total. The van der Waals surface area contributed by atoms with E-state index in [1.54, 1.807) is 35.2 Å². The first-order chi connectivity index (χ1) is 40.0. The third-order valence-corrected chi connectivity index (χ3v) is 11.9. The second-order valence-electron chi connectivity index (χ2n) is 17.6. The molecule has 0 bridgehead atoms. The SMILES string of the molecule is COc1ccc2cc([C@H](C)C(=O)O)ccc2c1.COc1ccc2cc([C@H](C)C(=O)OCCCCO)ccc2c1.COc1ccc2cc([C@H](C)C(=O)OCCCCO[N+](=O)[O-])ccc2c1.N=O.N=O.O=[N+]([O-])OCCCCO.OCCCCO. The van der Waals surface area contributed by atoms with E-state index in [9.17, 15) is 34.6 Å². The Kier molecular flexibility index (Phi) is 40.3. The number of carbonyl (C=O) groups excluding carboxylic acids is 2. The second-order valence-corrected chi connectivity index (χ2v) is 17.6. The average molecular weight is 1170 g/mol. The highest BCUT2D eigenvalue weighted by Gasteiger charge is 2.19. The molecule has 0 radical (unpaired) electrons. The van der Waals surface area contributed by atoms with E-state index in [0.717, 1.165) is 79.1 Å². The third-order valence-electron chi connectivity index (χ3n) is 11.9. The maximum Gasteiger partial charge on any atom is 0.313 e. The molecule has 0 aliphatic rings. The van der Waals surface area contributed by atoms with Gasteiger partial charge in [-0.05, 0) is 158 Å². The normalized spacial score (nSPS) is 11.0. The van der Waals surface area contributed by atoms with E-state index in [1.807, 2.05) is 116 Å². The minimum atomic E-state index is -0.836. The van der Waals surface area contributed by atoms with Crippen LogP contribution in [0.5, 0.6) is 17.2 Å². The van der Waals surface area contributed by atoms with Crippen LogP contribution in [0.4, 0.5) is 0 Å². The zero-order valence-electron chi connectivity index (χ0n) is 47.6. The lowest BCUT2D eigenvalue weighted by Gasteiger charge is -2.13. The van der Waals surface area contributed by atoms with Crippen LogP contribution < -0.4 is 14.2 Å². The molecule has 0 unspecified atom stereocenters. The number of rotatable bonds is 27. The number of nitrogens with zero attached hydrogens (tertiary/aromatic N) is 2. The van der Waals surface area contributed by atoms with Gasteiger partial charge in [-0.1, -0.05) is 84.0 Å². The number of fused-ring (bicyclic) bond motifs is 3. The minimum Gasteiger partial charge on any atom is -0.497 e. The van der Waals surface area contributed by atoms with E-state index in [4.69, 9.17) is 59.0 Å². The van der Waals surface area contributed by atoms with Gasteiger partial charge in [0.25, 0.3) is 10.2 Å². The van der Waals surface area contributed by atoms with Crippen LogP contribution in [0.15, 0.2) is 109 Å². The Labute approximate surface area is 480 Å². The Morgan fingerprint density at radius 1 is 0.422 bits per heavy atom. The number of unbranched alkanes of at least 4 members (excludes halogenated alkanes) is 4. The van der Waals surface area contributed by atoms with Gasteiger partial charge in [0.05, 0.1) is 65.5 Å². The van der Waals surface area contributed by atoms with Gasteiger partial charge in [-0.2, -0.15) is 9.81 Å². The van der Waals surface area contributed by atoms with Crippen molar-refractivity contribution < 1.29 is 83.4 Å². The fourth-order valence-corrected chi connectivity index (χ4v) is 7.06. The molecule has 0 fully saturated rings. The number of methoxy groups -OCH3 is 3. The summed E-state index contributed by atoms with van der Waals surface area (Å²) in [6.45, 7) is 6.56. The van der Waals surface area contributed by atoms with Crippen LogP contribution in [-0.2, 0) is 33.5 Å². The monoisotopic (exact) mass is 1170 g/mol. The van der Waals surface area contributed by atoms with Crippen molar-refractivity contribution in [2.45, 2.75) is 89.9 Å². The molecule has 456 valence electrons. The van der Waals surface area contributed by atoms with Crippen LogP contribution >= 0.6 is 0 Å². The maximum absolute atomic E-state index is 12.1. The van der Waals surface area contributed by atoms with Crippen molar-refractivity contribution in [3.63, 3.8) is 0 Å². The highest BCUT2D eigenvalue weighted by Crippen LogP contribution is 2.28. The van der Waals surface area contributed by atoms with Gasteiger partial charge in [-0.3, -0.25) is 14.4 Å². The smallest absolute Gasteiger partial charge is 0.313 e. The summed E-state index contributed by atoms with van der Waals surface area (Å²) in [5, 5.41) is 66.2. The molecule has 0 spiro atoms. The summed E-state index contributed by atoms with van der Waals surface area (Å²) in [5.74, 6) is -0.128. The topological polar surface area (TPSA) is 385 Å². The molecule has 0 aliphatic carbocycles. The molecule has 6 rings (SSSR count). The number of aliphatic hydroxyl groups is 4. The summed E-state index contributed by atoms with van der Waals surface area (Å²) in [7, 11) is 4.89. The lowest BCUT2D eigenvalue weighted by molar-refractivity contribution is -0.757. The van der Waals surface area contributed by atoms with E-state index in [-0.39, 0.29) is 70.0 Å². The Balaban J connectivity index is 0.00000106. The largest absolute Gasteiger partial charge is 0.497 e. The number of nitrogens with one attached hydrogen (secondary N) is 2. The minimum absolute atomic E-state index is 0.00818. The van der Waals surface area contributed by atoms with Gasteiger partial charge in [0.1, 0.15) is 17.2 Å². The van der Waals surface area contributed by atoms with Crippen LogP contribution in [-0.4, -0.2) is 128 Å². The third kappa shape index (κ3) is 30.1. The zero-order chi connectivity index (χ0) is 62.5. The summed E-state index contributed by atoms with van der Waals surface area (Å²) >= 11 is 0. The van der Waals surface area contributed by atoms with Crippen LogP contribution in [0.3, 0.4) is 0 Å². The molecule has 0 saturated heterocycles. The number of esters is 2. The molecule has 25 nitrogen and oxygen atoms in total. The van der Waals surface area contributed by atoms with Crippen molar-refractivity contribution >= 4 is 50.2 Å². The molecule has 0 aliphatic heterocycles. The predicted molar refractivity (Wildman–Crippen MR) is 310 cm³/mol. The summed E-state index contributed by atoms with van der Waals surface area (Å²) in [5.41, 5.74) is 11.6. The molecule has 25 heteroatoms. The van der Waals surface area contributed by atoms with Crippen LogP contribution in [0.2, 0.25) is 0 Å². The number of benzene rings is 6. The number of aliphatic hydroxyl groups excluding tert-OH is 4. The van der Waals surface area contributed by atoms with Crippen molar-refractivity contribution in [2.75, 3.05) is 74.2 Å². The summed E-state index contributed by atoms with van der Waals surface area (Å²) < 4.78 is 26.0. The Morgan fingerprint density at radius 3 is 0.964 bits per heavy atom. The first-order valence-electron chi connectivity index (χ1n) is 26.1. The molecule has 0 heterocycles. The van der Waals surface area contributed by atoms with Crippen molar-refractivity contribution in [3.8, 4) is 17.2 Å². The average Bonchev–Trinajstić information content (AvgIpc) is 3.65. The van der Waals surface area contributed by atoms with Gasteiger partial charge in [-0.15, -0.1) is 20.2 Å². The quantitative estimate of drug-likeness (QED) is 0.00828. The number of ether oxygens (including phenoxy) is 5. The highest BCUT2D eigenvalue weighted by atomic mass is 17.0. The summed E-state index contributed by atoms with van der Waals surface area (Å²) in [6, 6.07) is 34.8. The lowest BCUT2D eigenvalue weighted by Crippen LogP contribution is -2.14. The zero-order valence-corrected chi connectivity index (χ0v) is 47.6. The number of carboxylic acids is 1. The Hall–Kier alpha value is -8.65. The molecule has 0 saturated carbocycles. The maximum atomic E-state index is 12.1. The highest BCUT2D eigenvalue weighted by molar-refractivity contribution is 5.89. The number of aliphatic carboxylic acids is 1. The summed E-state index contributed by atoms with van der Waals surface area (Å²) in [6.07, 6.45) is 4.83. The van der Waals surface area contributed by atoms with Crippen LogP contribution in [0.1, 0.15) is 107 Å². The van der Waals surface area contributed by atoms with Gasteiger partial charge in [0.2, 0.25) is 0 Å². The number of carboxylic acid groups (broad SMARTS) is 1. The molecule has 6 aromatic rings. The molecule has 83 heavy (non-hydrogen) atoms. The van der Waals surface area contributed by atoms with Gasteiger partial charge in [0, 0.05) is 26.4 Å². The lowest BCUT2D eigenvalue weighted by atomic mass is 9.98. The van der Waals surface area contributed by atoms with Gasteiger partial charge in [-0.25, -0.2) is 0 Å². The van der Waals surface area contributed by atoms with Gasteiger partial charge in [0.15, 0.2) is 0 Å². The fraction of sp³-hybridized carbons (Fsp3) is 0.431. The van der Waals surface area contributed by atoms with Crippen LogP contribution in [0, 0.1) is 41.2 Å². The molecule has 6 aromatic carbocycles. The predicted octanol–water partition coefficient (Wildman–Crippen LogP) is 10.2. The Morgan fingerprint density at radius 2 is 0.675 bits per heavy atom. The molecular weight excluding hydrogens is 1090 g/mol. The van der Waals surface area contributed by atoms with Crippen molar-refractivity contribution in [1.29, 1.82) is 11.2 Å². The number of hydrogen-bond acceptors (Lipinski definition) is 22. The van der Waals surface area contributed by atoms with Crippen molar-refractivity contribution in [2.24, 2.45) is 0 Å². The van der Waals surface area contributed by atoms with Crippen LogP contribution in [0.25, 0.3) is 32.3 Å². The first kappa shape index (κ1) is 74.3. The van der Waals surface area contributed by atoms with E-state index < -0.39 is 22.1 Å². The molecule has 3 atom stereocenters. The molecule has 0 aromatic heterocycles. The molecular formula is C58H78N4O21. The number of nitroso groups, excluding NO2 is 2. The fourth-order valence-electron chi connectivity index (χ4n) is 7.06.